The lowest BCUT2D eigenvalue weighted by Gasteiger charge is -2.19. The van der Waals surface area contributed by atoms with Gasteiger partial charge < -0.3 is 14.6 Å². The molecule has 134 valence electrons. The van der Waals surface area contributed by atoms with Gasteiger partial charge in [0.2, 0.25) is 0 Å². The molecule has 0 atom stereocenters. The van der Waals surface area contributed by atoms with Gasteiger partial charge in [-0.25, -0.2) is 9.59 Å². The van der Waals surface area contributed by atoms with Crippen LogP contribution in [-0.4, -0.2) is 36.0 Å². The maximum absolute atomic E-state index is 12.9. The Bertz CT molecular complexity index is 692. The number of benzene rings is 1. The van der Waals surface area contributed by atoms with Crippen molar-refractivity contribution in [3.05, 3.63) is 53.1 Å². The number of esters is 2. The van der Waals surface area contributed by atoms with E-state index in [0.29, 0.717) is 0 Å². The lowest BCUT2D eigenvalue weighted by molar-refractivity contribution is -0.139. The minimum Gasteiger partial charge on any atom is -0.507 e. The Morgan fingerprint density at radius 2 is 1.56 bits per heavy atom. The van der Waals surface area contributed by atoms with Crippen LogP contribution in [0.4, 0.5) is 0 Å². The molecule has 0 spiro atoms. The van der Waals surface area contributed by atoms with Gasteiger partial charge in [-0.1, -0.05) is 24.8 Å². The van der Waals surface area contributed by atoms with Gasteiger partial charge in [-0.3, -0.25) is 4.79 Å². The van der Waals surface area contributed by atoms with Crippen molar-refractivity contribution < 1.29 is 29.0 Å². The Hall–Kier alpha value is -2.60. The summed E-state index contributed by atoms with van der Waals surface area (Å²) in [5.74, 6) is -4.27. The summed E-state index contributed by atoms with van der Waals surface area (Å²) >= 11 is 5.86. The van der Waals surface area contributed by atoms with Gasteiger partial charge >= 0.3 is 11.9 Å². The summed E-state index contributed by atoms with van der Waals surface area (Å²) in [5, 5.41) is 10.1. The van der Waals surface area contributed by atoms with Gasteiger partial charge in [-0.05, 0) is 32.0 Å². The molecule has 0 aromatic heterocycles. The number of carbonyl (C=O) groups excluding carboxylic acids is 3. The first-order chi connectivity index (χ1) is 11.7. The van der Waals surface area contributed by atoms with E-state index in [1.54, 1.807) is 13.8 Å². The number of phenolic OH excluding ortho intramolecular Hbond substituents is 1. The molecule has 1 aromatic rings. The number of phenols is 1. The molecule has 25 heavy (non-hydrogen) atoms. The van der Waals surface area contributed by atoms with E-state index in [4.69, 9.17) is 21.1 Å². The predicted octanol–water partition coefficient (Wildman–Crippen LogP) is 3.08. The molecular formula is C18H19ClO6. The Morgan fingerprint density at radius 3 is 2.00 bits per heavy atom. The second-order valence-electron chi connectivity index (χ2n) is 4.95. The first kappa shape index (κ1) is 20.4. The van der Waals surface area contributed by atoms with Crippen molar-refractivity contribution in [1.29, 1.82) is 0 Å². The summed E-state index contributed by atoms with van der Waals surface area (Å²) in [6.45, 7) is 10.4. The number of ether oxygens (including phenoxy) is 2. The Labute approximate surface area is 150 Å². The van der Waals surface area contributed by atoms with Gasteiger partial charge in [0, 0.05) is 16.2 Å². The lowest BCUT2D eigenvalue weighted by Crippen LogP contribution is -2.28. The van der Waals surface area contributed by atoms with Crippen LogP contribution in [-0.2, 0) is 19.1 Å². The second-order valence-corrected chi connectivity index (χ2v) is 5.39. The third-order valence-electron chi connectivity index (χ3n) is 3.26. The number of Topliss-reactive ketones (excluding diaryl/α,β-unsaturated/α-hetero) is 1. The van der Waals surface area contributed by atoms with Crippen molar-refractivity contribution in [1.82, 2.24) is 0 Å². The van der Waals surface area contributed by atoms with Crippen molar-refractivity contribution in [3.8, 4) is 5.75 Å². The molecule has 0 amide bonds. The molecule has 0 heterocycles. The number of halogens is 1. The summed E-state index contributed by atoms with van der Waals surface area (Å²) in [5.41, 5.74) is -0.748. The average Bonchev–Trinajstić information content (AvgIpc) is 2.57. The fourth-order valence-corrected chi connectivity index (χ4v) is 2.24. The molecule has 0 bridgehead atoms. The quantitative estimate of drug-likeness (QED) is 0.432. The van der Waals surface area contributed by atoms with Gasteiger partial charge in [0.05, 0.1) is 24.7 Å². The van der Waals surface area contributed by atoms with E-state index in [2.05, 4.69) is 13.2 Å². The van der Waals surface area contributed by atoms with Crippen LogP contribution in [0.1, 0.15) is 24.2 Å². The Kier molecular flexibility index (Phi) is 7.39. The molecule has 0 saturated heterocycles. The molecule has 0 aliphatic carbocycles. The van der Waals surface area contributed by atoms with Crippen molar-refractivity contribution in [3.63, 3.8) is 0 Å². The molecule has 6 nitrogen and oxygen atoms in total. The largest absolute Gasteiger partial charge is 0.507 e. The van der Waals surface area contributed by atoms with Gasteiger partial charge in [0.15, 0.2) is 5.78 Å². The van der Waals surface area contributed by atoms with Gasteiger partial charge in [0.1, 0.15) is 5.75 Å². The van der Waals surface area contributed by atoms with Crippen LogP contribution in [0, 0.1) is 5.92 Å². The minimum absolute atomic E-state index is 0.0626. The zero-order chi connectivity index (χ0) is 19.1. The topological polar surface area (TPSA) is 89.9 Å². The SMILES string of the molecule is C=C(C(=O)OCC)C(C(=C)C(=O)OCC)C(=O)c1cc(Cl)ccc1O. The van der Waals surface area contributed by atoms with Gasteiger partial charge in [0.25, 0.3) is 0 Å². The smallest absolute Gasteiger partial charge is 0.334 e. The van der Waals surface area contributed by atoms with E-state index in [9.17, 15) is 19.5 Å². The molecule has 0 radical (unpaired) electrons. The van der Waals surface area contributed by atoms with Crippen LogP contribution in [0.3, 0.4) is 0 Å². The van der Waals surface area contributed by atoms with Crippen molar-refractivity contribution in [2.45, 2.75) is 13.8 Å². The van der Waals surface area contributed by atoms with E-state index in [1.807, 2.05) is 0 Å². The fraction of sp³-hybridized carbons (Fsp3) is 0.278. The van der Waals surface area contributed by atoms with E-state index >= 15 is 0 Å². The van der Waals surface area contributed by atoms with Crippen LogP contribution >= 0.6 is 11.6 Å². The fourth-order valence-electron chi connectivity index (χ4n) is 2.07. The number of rotatable bonds is 8. The summed E-state index contributed by atoms with van der Waals surface area (Å²) in [6.07, 6.45) is 0. The molecule has 0 saturated carbocycles. The second kappa shape index (κ2) is 9.03. The standard InChI is InChI=1S/C18H19ClO6/c1-5-24-17(22)10(3)15(11(4)18(23)25-6-2)16(21)13-9-12(19)7-8-14(13)20/h7-9,15,20H,3-6H2,1-2H3. The average molecular weight is 367 g/mol. The zero-order valence-corrected chi connectivity index (χ0v) is 14.8. The number of carbonyl (C=O) groups is 3. The first-order valence-electron chi connectivity index (χ1n) is 7.49. The van der Waals surface area contributed by atoms with E-state index in [0.717, 1.165) is 0 Å². The molecule has 1 aromatic carbocycles. The predicted molar refractivity (Wildman–Crippen MR) is 92.5 cm³/mol. The maximum atomic E-state index is 12.9. The molecular weight excluding hydrogens is 348 g/mol. The number of hydrogen-bond acceptors (Lipinski definition) is 6. The normalized spacial score (nSPS) is 10.2. The van der Waals surface area contributed by atoms with E-state index < -0.39 is 23.6 Å². The Morgan fingerprint density at radius 1 is 1.08 bits per heavy atom. The summed E-state index contributed by atoms with van der Waals surface area (Å²) < 4.78 is 9.68. The summed E-state index contributed by atoms with van der Waals surface area (Å²) in [4.78, 5) is 36.9. The number of ketones is 1. The van der Waals surface area contributed by atoms with Crippen LogP contribution in [0.15, 0.2) is 42.5 Å². The number of aromatic hydroxyl groups is 1. The van der Waals surface area contributed by atoms with Crippen LogP contribution in [0.5, 0.6) is 5.75 Å². The molecule has 0 fully saturated rings. The third-order valence-corrected chi connectivity index (χ3v) is 3.49. The first-order valence-corrected chi connectivity index (χ1v) is 7.86. The van der Waals surface area contributed by atoms with E-state index in [-0.39, 0.29) is 40.7 Å². The summed E-state index contributed by atoms with van der Waals surface area (Å²) in [6, 6.07) is 3.85. The highest BCUT2D eigenvalue weighted by atomic mass is 35.5. The highest BCUT2D eigenvalue weighted by molar-refractivity contribution is 6.31. The monoisotopic (exact) mass is 366 g/mol. The molecule has 1 N–H and O–H groups in total. The van der Waals surface area contributed by atoms with Crippen molar-refractivity contribution >= 4 is 29.3 Å². The van der Waals surface area contributed by atoms with Crippen LogP contribution < -0.4 is 0 Å². The molecule has 0 aliphatic rings. The molecule has 0 unspecified atom stereocenters. The molecule has 7 heteroatoms. The summed E-state index contributed by atoms with van der Waals surface area (Å²) in [7, 11) is 0. The zero-order valence-electron chi connectivity index (χ0n) is 14.0. The third kappa shape index (κ3) is 4.93. The lowest BCUT2D eigenvalue weighted by atomic mass is 9.85. The van der Waals surface area contributed by atoms with Gasteiger partial charge in [-0.2, -0.15) is 0 Å². The van der Waals surface area contributed by atoms with Crippen LogP contribution in [0.2, 0.25) is 5.02 Å². The van der Waals surface area contributed by atoms with Gasteiger partial charge in [-0.15, -0.1) is 0 Å². The highest BCUT2D eigenvalue weighted by Gasteiger charge is 2.35. The Balaban J connectivity index is 3.34. The van der Waals surface area contributed by atoms with Crippen LogP contribution in [0.25, 0.3) is 0 Å². The highest BCUT2D eigenvalue weighted by Crippen LogP contribution is 2.30. The minimum atomic E-state index is -1.44. The maximum Gasteiger partial charge on any atom is 0.334 e. The number of hydrogen-bond donors (Lipinski definition) is 1. The van der Waals surface area contributed by atoms with E-state index in [1.165, 1.54) is 18.2 Å². The van der Waals surface area contributed by atoms with Crippen molar-refractivity contribution in [2.75, 3.05) is 13.2 Å². The molecule has 1 rings (SSSR count). The van der Waals surface area contributed by atoms with Crippen molar-refractivity contribution in [2.24, 2.45) is 5.92 Å². The molecule has 0 aliphatic heterocycles.